The van der Waals surface area contributed by atoms with Crippen LogP contribution in [0, 0.1) is 0 Å². The molecule has 1 amide bonds. The predicted molar refractivity (Wildman–Crippen MR) is 53.0 cm³/mol. The van der Waals surface area contributed by atoms with Crippen molar-refractivity contribution in [1.82, 2.24) is 5.32 Å². The Morgan fingerprint density at radius 2 is 2.06 bits per heavy atom. The van der Waals surface area contributed by atoms with Crippen LogP contribution >= 0.6 is 0 Å². The fraction of sp³-hybridized carbons (Fsp3) is 0.889. The largest absolute Gasteiger partial charge is 0.377 e. The van der Waals surface area contributed by atoms with Crippen molar-refractivity contribution in [2.75, 3.05) is 19.7 Å². The summed E-state index contributed by atoms with van der Waals surface area (Å²) in [5.41, 5.74) is 5.26. The van der Waals surface area contributed by atoms with Crippen molar-refractivity contribution < 1.29 is 27.1 Å². The van der Waals surface area contributed by atoms with Gasteiger partial charge in [0.05, 0.1) is 19.1 Å². The van der Waals surface area contributed by atoms with Crippen molar-refractivity contribution in [1.29, 1.82) is 0 Å². The van der Waals surface area contributed by atoms with Crippen LogP contribution in [0.2, 0.25) is 0 Å². The Morgan fingerprint density at radius 3 is 2.47 bits per heavy atom. The Labute approximate surface area is 96.5 Å². The Hall–Kier alpha value is -0.890. The lowest BCUT2D eigenvalue weighted by Gasteiger charge is -2.18. The van der Waals surface area contributed by atoms with Crippen LogP contribution in [-0.4, -0.2) is 44.1 Å². The first-order chi connectivity index (χ1) is 7.83. The second-order valence-corrected chi connectivity index (χ2v) is 3.36. The van der Waals surface area contributed by atoms with Crippen molar-refractivity contribution in [3.63, 3.8) is 0 Å². The van der Waals surface area contributed by atoms with Crippen molar-refractivity contribution >= 4 is 5.91 Å². The van der Waals surface area contributed by atoms with Crippen molar-refractivity contribution in [2.45, 2.75) is 31.8 Å². The van der Waals surface area contributed by atoms with Gasteiger partial charge in [-0.1, -0.05) is 0 Å². The molecule has 0 aliphatic rings. The van der Waals surface area contributed by atoms with Crippen LogP contribution in [0.3, 0.4) is 0 Å². The average Bonchev–Trinajstić information content (AvgIpc) is 2.25. The molecule has 4 nitrogen and oxygen atoms in total. The first kappa shape index (κ1) is 16.1. The molecule has 0 rings (SSSR count). The molecule has 0 saturated carbocycles. The van der Waals surface area contributed by atoms with Gasteiger partial charge in [-0.15, -0.1) is 0 Å². The summed E-state index contributed by atoms with van der Waals surface area (Å²) in [5.74, 6) is -5.02. The maximum absolute atomic E-state index is 12.5. The maximum Gasteiger partial charge on any atom is 0.324 e. The minimum Gasteiger partial charge on any atom is -0.377 e. The van der Waals surface area contributed by atoms with Crippen molar-refractivity contribution in [3.8, 4) is 0 Å². The standard InChI is InChI=1S/C9H16F4N2O2/c1-2-17-6(4-14)3-7(16)15-5-9(12,13)8(10)11/h6,8H,2-5,14H2,1H3,(H,15,16). The summed E-state index contributed by atoms with van der Waals surface area (Å²) in [6.45, 7) is 0.660. The molecule has 0 aromatic carbocycles. The van der Waals surface area contributed by atoms with Crippen LogP contribution in [-0.2, 0) is 9.53 Å². The lowest BCUT2D eigenvalue weighted by atomic mass is 10.2. The zero-order valence-electron chi connectivity index (χ0n) is 9.39. The van der Waals surface area contributed by atoms with Gasteiger partial charge >= 0.3 is 12.3 Å². The minimum atomic E-state index is -4.22. The van der Waals surface area contributed by atoms with Gasteiger partial charge in [0.2, 0.25) is 5.91 Å². The topological polar surface area (TPSA) is 64.3 Å². The number of amides is 1. The molecule has 8 heteroatoms. The SMILES string of the molecule is CCOC(CN)CC(=O)NCC(F)(F)C(F)F. The van der Waals surface area contributed by atoms with E-state index in [1.165, 1.54) is 0 Å². The lowest BCUT2D eigenvalue weighted by Crippen LogP contribution is -2.42. The second-order valence-electron chi connectivity index (χ2n) is 3.36. The quantitative estimate of drug-likeness (QED) is 0.633. The van der Waals surface area contributed by atoms with Crippen LogP contribution < -0.4 is 11.1 Å². The zero-order valence-corrected chi connectivity index (χ0v) is 9.39. The van der Waals surface area contributed by atoms with E-state index in [0.717, 1.165) is 0 Å². The van der Waals surface area contributed by atoms with E-state index in [0.29, 0.717) is 6.61 Å². The van der Waals surface area contributed by atoms with Gasteiger partial charge in [0.15, 0.2) is 0 Å². The van der Waals surface area contributed by atoms with Crippen LogP contribution in [0.1, 0.15) is 13.3 Å². The number of nitrogens with two attached hydrogens (primary N) is 1. The van der Waals surface area contributed by atoms with Gasteiger partial charge in [0, 0.05) is 13.2 Å². The molecule has 0 aliphatic carbocycles. The second kappa shape index (κ2) is 7.44. The fourth-order valence-corrected chi connectivity index (χ4v) is 1.02. The van der Waals surface area contributed by atoms with Gasteiger partial charge in [-0.05, 0) is 6.92 Å². The molecule has 17 heavy (non-hydrogen) atoms. The number of alkyl halides is 4. The third-order valence-electron chi connectivity index (χ3n) is 1.92. The van der Waals surface area contributed by atoms with Gasteiger partial charge in [0.1, 0.15) is 0 Å². The summed E-state index contributed by atoms with van der Waals surface area (Å²) in [6, 6.07) is 0. The molecule has 3 N–H and O–H groups in total. The van der Waals surface area contributed by atoms with Crippen molar-refractivity contribution in [3.05, 3.63) is 0 Å². The Kier molecular flexibility index (Phi) is 7.05. The van der Waals surface area contributed by atoms with E-state index in [2.05, 4.69) is 0 Å². The third kappa shape index (κ3) is 6.42. The molecule has 102 valence electrons. The van der Waals surface area contributed by atoms with Crippen LogP contribution in [0.15, 0.2) is 0 Å². The highest BCUT2D eigenvalue weighted by Crippen LogP contribution is 2.21. The summed E-state index contributed by atoms with van der Waals surface area (Å²) in [6.07, 6.45) is -4.64. The molecule has 0 aromatic heterocycles. The van der Waals surface area contributed by atoms with E-state index in [1.807, 2.05) is 0 Å². The Balaban J connectivity index is 4.02. The number of carbonyl (C=O) groups is 1. The summed E-state index contributed by atoms with van der Waals surface area (Å²) in [5, 5.41) is 1.72. The van der Waals surface area contributed by atoms with Crippen LogP contribution in [0.5, 0.6) is 0 Å². The molecular formula is C9H16F4N2O2. The van der Waals surface area contributed by atoms with E-state index in [4.69, 9.17) is 10.5 Å². The van der Waals surface area contributed by atoms with Gasteiger partial charge in [-0.3, -0.25) is 4.79 Å². The number of nitrogens with one attached hydrogen (secondary N) is 1. The zero-order chi connectivity index (χ0) is 13.5. The van der Waals surface area contributed by atoms with E-state index < -0.39 is 30.9 Å². The first-order valence-electron chi connectivity index (χ1n) is 5.07. The smallest absolute Gasteiger partial charge is 0.324 e. The molecule has 0 spiro atoms. The highest BCUT2D eigenvalue weighted by atomic mass is 19.3. The molecule has 0 saturated heterocycles. The highest BCUT2D eigenvalue weighted by Gasteiger charge is 2.40. The monoisotopic (exact) mass is 260 g/mol. The Bertz CT molecular complexity index is 239. The minimum absolute atomic E-state index is 0.0481. The summed E-state index contributed by atoms with van der Waals surface area (Å²) in [4.78, 5) is 11.1. The molecule has 0 radical (unpaired) electrons. The number of ether oxygens (including phenoxy) is 1. The summed E-state index contributed by atoms with van der Waals surface area (Å²) < 4.78 is 53.5. The molecular weight excluding hydrogens is 244 g/mol. The number of carbonyl (C=O) groups excluding carboxylic acids is 1. The molecule has 0 bridgehead atoms. The number of hydrogen-bond donors (Lipinski definition) is 2. The van der Waals surface area contributed by atoms with E-state index >= 15 is 0 Å². The van der Waals surface area contributed by atoms with E-state index in [-0.39, 0.29) is 13.0 Å². The van der Waals surface area contributed by atoms with Crippen LogP contribution in [0.4, 0.5) is 17.6 Å². The fourth-order valence-electron chi connectivity index (χ4n) is 1.02. The van der Waals surface area contributed by atoms with Gasteiger partial charge in [0.25, 0.3) is 0 Å². The average molecular weight is 260 g/mol. The molecule has 0 aliphatic heterocycles. The Morgan fingerprint density at radius 1 is 1.47 bits per heavy atom. The lowest BCUT2D eigenvalue weighted by molar-refractivity contribution is -0.137. The highest BCUT2D eigenvalue weighted by molar-refractivity contribution is 5.76. The van der Waals surface area contributed by atoms with Gasteiger partial charge < -0.3 is 15.8 Å². The number of rotatable bonds is 8. The van der Waals surface area contributed by atoms with Gasteiger partial charge in [-0.2, -0.15) is 8.78 Å². The van der Waals surface area contributed by atoms with Crippen LogP contribution in [0.25, 0.3) is 0 Å². The molecule has 1 atom stereocenters. The summed E-state index contributed by atoms with van der Waals surface area (Å²) >= 11 is 0. The summed E-state index contributed by atoms with van der Waals surface area (Å²) in [7, 11) is 0. The maximum atomic E-state index is 12.5. The first-order valence-corrected chi connectivity index (χ1v) is 5.07. The predicted octanol–water partition coefficient (Wildman–Crippen LogP) is 0.757. The molecule has 0 fully saturated rings. The van der Waals surface area contributed by atoms with Gasteiger partial charge in [-0.25, -0.2) is 8.78 Å². The molecule has 1 unspecified atom stereocenters. The van der Waals surface area contributed by atoms with Crippen molar-refractivity contribution in [2.24, 2.45) is 5.73 Å². The number of halogens is 4. The molecule has 0 aromatic rings. The van der Waals surface area contributed by atoms with E-state index in [9.17, 15) is 22.4 Å². The third-order valence-corrected chi connectivity index (χ3v) is 1.92. The van der Waals surface area contributed by atoms with E-state index in [1.54, 1.807) is 12.2 Å². The normalized spacial score (nSPS) is 13.8. The molecule has 0 heterocycles. The number of hydrogen-bond acceptors (Lipinski definition) is 3.